The Morgan fingerprint density at radius 3 is 2.41 bits per heavy atom. The number of carbonyl (C=O) groups excluding carboxylic acids is 1. The van der Waals surface area contributed by atoms with Gasteiger partial charge in [-0.2, -0.15) is 13.2 Å². The summed E-state index contributed by atoms with van der Waals surface area (Å²) in [6.07, 6.45) is -4.57. The Bertz CT molecular complexity index is 1330. The van der Waals surface area contributed by atoms with E-state index in [1.807, 2.05) is 26.0 Å². The number of allylic oxidation sites excluding steroid dienone is 1. The zero-order valence-electron chi connectivity index (χ0n) is 21.9. The summed E-state index contributed by atoms with van der Waals surface area (Å²) in [6, 6.07) is 8.85. The van der Waals surface area contributed by atoms with Crippen LogP contribution in [0.5, 0.6) is 5.75 Å². The number of nitrogens with zero attached hydrogens (tertiary/aromatic N) is 5. The molecule has 1 unspecified atom stereocenters. The molecule has 2 aliphatic rings. The van der Waals surface area contributed by atoms with Gasteiger partial charge in [-0.15, -0.1) is 5.06 Å². The molecule has 0 saturated carbocycles. The number of piperazine rings is 1. The normalized spacial score (nSPS) is 17.6. The molecule has 0 bridgehead atoms. The van der Waals surface area contributed by atoms with Crippen LogP contribution in [0.4, 0.5) is 24.7 Å². The standard InChI is InChI=1S/C25H31F3N6O5/c1-17(2)9-12-32-19-20(34(39-22(36)25(26,27)28)23(32)31-13-10-29-11-14-31)30(3)24(37)33(21(19)35)15-16-38-18-7-5-4-6-8-18/h4-9,23,29H,10-16H2,1-3H3. The number of fused-ring (bicyclic) bond motifs is 1. The van der Waals surface area contributed by atoms with E-state index in [0.29, 0.717) is 31.9 Å². The molecule has 0 amide bonds. The molecule has 2 aliphatic heterocycles. The van der Waals surface area contributed by atoms with Gasteiger partial charge in [0.05, 0.1) is 6.54 Å². The third kappa shape index (κ3) is 5.96. The summed E-state index contributed by atoms with van der Waals surface area (Å²) in [5.74, 6) is -2.13. The monoisotopic (exact) mass is 552 g/mol. The first-order valence-electron chi connectivity index (χ1n) is 12.5. The zero-order valence-corrected chi connectivity index (χ0v) is 21.9. The maximum atomic E-state index is 13.8. The number of para-hydroxylation sites is 1. The molecule has 1 N–H and O–H groups in total. The van der Waals surface area contributed by atoms with Gasteiger partial charge in [0.2, 0.25) is 0 Å². The second-order valence-corrected chi connectivity index (χ2v) is 9.40. The van der Waals surface area contributed by atoms with Crippen molar-refractivity contribution < 1.29 is 27.5 Å². The van der Waals surface area contributed by atoms with Gasteiger partial charge in [-0.25, -0.2) is 9.59 Å². The van der Waals surface area contributed by atoms with Crippen molar-refractivity contribution in [3.63, 3.8) is 0 Å². The van der Waals surface area contributed by atoms with Crippen LogP contribution in [0.3, 0.4) is 0 Å². The number of hydrogen-bond acceptors (Lipinski definition) is 9. The molecule has 14 heteroatoms. The van der Waals surface area contributed by atoms with Gasteiger partial charge in [0.25, 0.3) is 5.56 Å². The summed E-state index contributed by atoms with van der Waals surface area (Å²) in [7, 11) is 1.32. The lowest BCUT2D eigenvalue weighted by atomic mass is 10.3. The number of alkyl halides is 3. The van der Waals surface area contributed by atoms with E-state index in [0.717, 1.165) is 19.8 Å². The zero-order chi connectivity index (χ0) is 28.3. The molecule has 1 aromatic carbocycles. The van der Waals surface area contributed by atoms with Crippen molar-refractivity contribution in [2.45, 2.75) is 32.9 Å². The highest BCUT2D eigenvalue weighted by Crippen LogP contribution is 2.38. The molecule has 1 aromatic heterocycles. The fourth-order valence-electron chi connectivity index (χ4n) is 4.52. The second kappa shape index (κ2) is 11.5. The summed E-state index contributed by atoms with van der Waals surface area (Å²) in [5, 5.41) is 3.91. The van der Waals surface area contributed by atoms with Gasteiger partial charge < -0.3 is 19.8 Å². The number of anilines is 2. The number of rotatable bonds is 8. The number of carbonyl (C=O) groups is 1. The van der Waals surface area contributed by atoms with E-state index < -0.39 is 29.7 Å². The molecule has 0 aliphatic carbocycles. The van der Waals surface area contributed by atoms with Crippen molar-refractivity contribution in [2.24, 2.45) is 7.05 Å². The average molecular weight is 553 g/mol. The molecule has 0 radical (unpaired) electrons. The number of hydroxylamine groups is 1. The van der Waals surface area contributed by atoms with Gasteiger partial charge in [0, 0.05) is 39.8 Å². The maximum Gasteiger partial charge on any atom is 0.493 e. The van der Waals surface area contributed by atoms with Crippen LogP contribution in [0.1, 0.15) is 13.8 Å². The molecule has 3 heterocycles. The minimum absolute atomic E-state index is 0.0000848. The largest absolute Gasteiger partial charge is 0.493 e. The third-order valence-electron chi connectivity index (χ3n) is 6.39. The number of benzene rings is 1. The van der Waals surface area contributed by atoms with Crippen molar-refractivity contribution in [1.29, 1.82) is 0 Å². The SMILES string of the molecule is CC(C)=CCN1c2c(n(C)c(=O)n(CCOc3ccccc3)c2=O)N(OC(=O)C(F)(F)F)C1N1CCNCC1. The first-order valence-corrected chi connectivity index (χ1v) is 12.5. The van der Waals surface area contributed by atoms with Crippen LogP contribution in [-0.4, -0.2) is 71.8 Å². The van der Waals surface area contributed by atoms with E-state index in [-0.39, 0.29) is 31.2 Å². The first kappa shape index (κ1) is 28.2. The molecule has 2 aromatic rings. The Hall–Kier alpha value is -3.78. The molecule has 0 spiro atoms. The lowest BCUT2D eigenvalue weighted by Crippen LogP contribution is -2.61. The molecule has 4 rings (SSSR count). The van der Waals surface area contributed by atoms with Crippen molar-refractivity contribution in [3.8, 4) is 5.75 Å². The number of ether oxygens (including phenoxy) is 1. The molecule has 1 atom stereocenters. The van der Waals surface area contributed by atoms with Gasteiger partial charge in [0.1, 0.15) is 12.4 Å². The summed E-state index contributed by atoms with van der Waals surface area (Å²) in [5.41, 5.74) is -0.653. The van der Waals surface area contributed by atoms with E-state index in [4.69, 9.17) is 9.57 Å². The van der Waals surface area contributed by atoms with E-state index in [9.17, 15) is 27.6 Å². The van der Waals surface area contributed by atoms with Crippen LogP contribution < -0.4 is 31.3 Å². The molecular weight excluding hydrogens is 521 g/mol. The predicted octanol–water partition coefficient (Wildman–Crippen LogP) is 1.43. The number of hydrogen-bond donors (Lipinski definition) is 1. The first-order chi connectivity index (χ1) is 18.5. The minimum Gasteiger partial charge on any atom is -0.492 e. The van der Waals surface area contributed by atoms with Crippen LogP contribution in [0.15, 0.2) is 51.6 Å². The van der Waals surface area contributed by atoms with Gasteiger partial charge in [0.15, 0.2) is 17.8 Å². The van der Waals surface area contributed by atoms with Crippen LogP contribution >= 0.6 is 0 Å². The lowest BCUT2D eigenvalue weighted by molar-refractivity contribution is -0.203. The smallest absolute Gasteiger partial charge is 0.492 e. The van der Waals surface area contributed by atoms with E-state index in [1.54, 1.807) is 34.1 Å². The van der Waals surface area contributed by atoms with Crippen LogP contribution in [-0.2, 0) is 23.2 Å². The van der Waals surface area contributed by atoms with Crippen LogP contribution in [0.25, 0.3) is 0 Å². The van der Waals surface area contributed by atoms with Gasteiger partial charge in [-0.1, -0.05) is 29.8 Å². The van der Waals surface area contributed by atoms with Gasteiger partial charge >= 0.3 is 17.8 Å². The Kier molecular flexibility index (Phi) is 8.35. The van der Waals surface area contributed by atoms with Crippen LogP contribution in [0.2, 0.25) is 0 Å². The Balaban J connectivity index is 1.81. The maximum absolute atomic E-state index is 13.8. The highest BCUT2D eigenvalue weighted by atomic mass is 19.4. The fourth-order valence-corrected chi connectivity index (χ4v) is 4.52. The predicted molar refractivity (Wildman–Crippen MR) is 138 cm³/mol. The van der Waals surface area contributed by atoms with Crippen LogP contribution in [0, 0.1) is 0 Å². The Labute approximate surface area is 222 Å². The van der Waals surface area contributed by atoms with Crippen molar-refractivity contribution in [2.75, 3.05) is 49.3 Å². The highest BCUT2D eigenvalue weighted by Gasteiger charge is 2.50. The van der Waals surface area contributed by atoms with E-state index >= 15 is 0 Å². The van der Waals surface area contributed by atoms with Crippen molar-refractivity contribution >= 4 is 17.5 Å². The number of halogens is 3. The molecule has 212 valence electrons. The van der Waals surface area contributed by atoms with Crippen molar-refractivity contribution in [1.82, 2.24) is 19.4 Å². The quantitative estimate of drug-likeness (QED) is 0.488. The Morgan fingerprint density at radius 2 is 1.79 bits per heavy atom. The molecule has 1 saturated heterocycles. The van der Waals surface area contributed by atoms with E-state index in [2.05, 4.69) is 5.32 Å². The number of aromatic nitrogens is 2. The van der Waals surface area contributed by atoms with Gasteiger partial charge in [-0.3, -0.25) is 18.8 Å². The Morgan fingerprint density at radius 1 is 1.13 bits per heavy atom. The van der Waals surface area contributed by atoms with E-state index in [1.165, 1.54) is 7.05 Å². The number of nitrogens with one attached hydrogen (secondary N) is 1. The topological polar surface area (TPSA) is 101 Å². The third-order valence-corrected chi connectivity index (χ3v) is 6.39. The average Bonchev–Trinajstić information content (AvgIpc) is 3.22. The summed E-state index contributed by atoms with van der Waals surface area (Å²) >= 11 is 0. The summed E-state index contributed by atoms with van der Waals surface area (Å²) in [4.78, 5) is 47.4. The summed E-state index contributed by atoms with van der Waals surface area (Å²) in [6.45, 7) is 5.57. The minimum atomic E-state index is -5.29. The molecular formula is C25H31F3N6O5. The van der Waals surface area contributed by atoms with Crippen molar-refractivity contribution in [3.05, 3.63) is 62.8 Å². The molecule has 1 fully saturated rings. The lowest BCUT2D eigenvalue weighted by Gasteiger charge is -2.40. The molecule has 39 heavy (non-hydrogen) atoms. The fraction of sp³-hybridized carbons (Fsp3) is 0.480. The highest BCUT2D eigenvalue weighted by molar-refractivity contribution is 5.80. The van der Waals surface area contributed by atoms with Gasteiger partial charge in [-0.05, 0) is 26.0 Å². The molecule has 11 nitrogen and oxygen atoms in total. The second-order valence-electron chi connectivity index (χ2n) is 9.40. The summed E-state index contributed by atoms with van der Waals surface area (Å²) < 4.78 is 47.6.